The van der Waals surface area contributed by atoms with Crippen LogP contribution in [0.15, 0.2) is 48.7 Å². The second-order valence-corrected chi connectivity index (χ2v) is 4.81. The summed E-state index contributed by atoms with van der Waals surface area (Å²) in [6, 6.07) is 10.7. The third-order valence-corrected chi connectivity index (χ3v) is 3.09. The Morgan fingerprint density at radius 2 is 1.90 bits per heavy atom. The first kappa shape index (κ1) is 15.0. The molecule has 1 heterocycles. The molecule has 0 saturated heterocycles. The van der Waals surface area contributed by atoms with Crippen LogP contribution < -0.4 is 5.32 Å². The van der Waals surface area contributed by atoms with Crippen LogP contribution in [0.25, 0.3) is 0 Å². The van der Waals surface area contributed by atoms with E-state index in [0.29, 0.717) is 16.3 Å². The maximum Gasteiger partial charge on any atom is 0.326 e. The molecular formula is C15H13ClN2O3. The topological polar surface area (TPSA) is 79.3 Å². The Balaban J connectivity index is 2.07. The first-order valence-corrected chi connectivity index (χ1v) is 6.63. The lowest BCUT2D eigenvalue weighted by Gasteiger charge is -2.14. The first-order chi connectivity index (χ1) is 10.1. The Labute approximate surface area is 126 Å². The number of carbonyl (C=O) groups excluding carboxylic acids is 1. The molecule has 0 bridgehead atoms. The van der Waals surface area contributed by atoms with Crippen LogP contribution in [-0.4, -0.2) is 28.0 Å². The number of carboxylic acid groups (broad SMARTS) is 1. The van der Waals surface area contributed by atoms with Crippen molar-refractivity contribution in [1.82, 2.24) is 10.3 Å². The summed E-state index contributed by atoms with van der Waals surface area (Å²) in [4.78, 5) is 27.2. The smallest absolute Gasteiger partial charge is 0.326 e. The van der Waals surface area contributed by atoms with Crippen LogP contribution in [0.4, 0.5) is 0 Å². The lowest BCUT2D eigenvalue weighted by Crippen LogP contribution is -2.42. The highest BCUT2D eigenvalue weighted by molar-refractivity contribution is 6.29. The van der Waals surface area contributed by atoms with E-state index in [9.17, 15) is 14.7 Å². The molecule has 0 unspecified atom stereocenters. The summed E-state index contributed by atoms with van der Waals surface area (Å²) in [6.45, 7) is 0. The summed E-state index contributed by atoms with van der Waals surface area (Å²) < 4.78 is 0. The summed E-state index contributed by atoms with van der Waals surface area (Å²) in [5, 5.41) is 12.1. The van der Waals surface area contributed by atoms with Crippen molar-refractivity contribution in [1.29, 1.82) is 0 Å². The average molecular weight is 305 g/mol. The van der Waals surface area contributed by atoms with Gasteiger partial charge in [-0.1, -0.05) is 35.9 Å². The van der Waals surface area contributed by atoms with Crippen LogP contribution >= 0.6 is 11.6 Å². The van der Waals surface area contributed by atoms with E-state index in [2.05, 4.69) is 10.3 Å². The standard InChI is InChI=1S/C15H13ClN2O3/c16-13-7-6-10(9-17-13)8-12(15(20)21)18-14(19)11-4-2-1-3-5-11/h1-7,9,12H,8H2,(H,18,19)(H,20,21)/t12-/m1/s1. The Hall–Kier alpha value is -2.40. The van der Waals surface area contributed by atoms with Gasteiger partial charge in [-0.05, 0) is 23.8 Å². The predicted molar refractivity (Wildman–Crippen MR) is 78.3 cm³/mol. The molecule has 108 valence electrons. The van der Waals surface area contributed by atoms with Crippen LogP contribution in [0, 0.1) is 0 Å². The number of carboxylic acids is 1. The Bertz CT molecular complexity index is 629. The van der Waals surface area contributed by atoms with Crippen LogP contribution in [-0.2, 0) is 11.2 Å². The molecule has 0 aliphatic carbocycles. The molecule has 0 fully saturated rings. The molecule has 1 amide bonds. The SMILES string of the molecule is O=C(N[C@H](Cc1ccc(Cl)nc1)C(=O)O)c1ccccc1. The van der Waals surface area contributed by atoms with Gasteiger partial charge in [-0.25, -0.2) is 9.78 Å². The molecule has 5 nitrogen and oxygen atoms in total. The zero-order chi connectivity index (χ0) is 15.2. The summed E-state index contributed by atoms with van der Waals surface area (Å²) in [5.41, 5.74) is 1.10. The zero-order valence-corrected chi connectivity index (χ0v) is 11.7. The van der Waals surface area contributed by atoms with Crippen molar-refractivity contribution < 1.29 is 14.7 Å². The molecule has 6 heteroatoms. The van der Waals surface area contributed by atoms with Crippen molar-refractivity contribution in [2.24, 2.45) is 0 Å². The zero-order valence-electron chi connectivity index (χ0n) is 11.0. The number of amides is 1. The highest BCUT2D eigenvalue weighted by atomic mass is 35.5. The van der Waals surface area contributed by atoms with Gasteiger partial charge in [-0.3, -0.25) is 4.79 Å². The monoisotopic (exact) mass is 304 g/mol. The van der Waals surface area contributed by atoms with Crippen molar-refractivity contribution in [3.8, 4) is 0 Å². The van der Waals surface area contributed by atoms with E-state index in [0.717, 1.165) is 0 Å². The number of carbonyl (C=O) groups is 2. The maximum absolute atomic E-state index is 12.0. The molecule has 21 heavy (non-hydrogen) atoms. The van der Waals surface area contributed by atoms with E-state index in [1.165, 1.54) is 6.20 Å². The third kappa shape index (κ3) is 4.29. The molecule has 2 rings (SSSR count). The van der Waals surface area contributed by atoms with Crippen molar-refractivity contribution in [2.45, 2.75) is 12.5 Å². The largest absolute Gasteiger partial charge is 0.480 e. The highest BCUT2D eigenvalue weighted by Crippen LogP contribution is 2.08. The van der Waals surface area contributed by atoms with E-state index in [4.69, 9.17) is 11.6 Å². The number of rotatable bonds is 5. The molecule has 2 N–H and O–H groups in total. The van der Waals surface area contributed by atoms with Gasteiger partial charge >= 0.3 is 5.97 Å². The number of pyridine rings is 1. The maximum atomic E-state index is 12.0. The van der Waals surface area contributed by atoms with Gasteiger partial charge in [0.15, 0.2) is 0 Å². The number of benzene rings is 1. The number of nitrogens with zero attached hydrogens (tertiary/aromatic N) is 1. The van der Waals surface area contributed by atoms with Gasteiger partial charge in [-0.2, -0.15) is 0 Å². The minimum atomic E-state index is -1.10. The normalized spacial score (nSPS) is 11.7. The number of aromatic nitrogens is 1. The van der Waals surface area contributed by atoms with Crippen LogP contribution in [0.1, 0.15) is 15.9 Å². The number of hydrogen-bond acceptors (Lipinski definition) is 3. The van der Waals surface area contributed by atoms with Gasteiger partial charge in [0.2, 0.25) is 0 Å². The lowest BCUT2D eigenvalue weighted by molar-refractivity contribution is -0.139. The third-order valence-electron chi connectivity index (χ3n) is 2.87. The fourth-order valence-electron chi connectivity index (χ4n) is 1.79. The van der Waals surface area contributed by atoms with E-state index in [-0.39, 0.29) is 6.42 Å². The molecule has 1 aromatic heterocycles. The van der Waals surface area contributed by atoms with Crippen molar-refractivity contribution in [3.63, 3.8) is 0 Å². The minimum Gasteiger partial charge on any atom is -0.480 e. The summed E-state index contributed by atoms with van der Waals surface area (Å²) in [5.74, 6) is -1.53. The average Bonchev–Trinajstić information content (AvgIpc) is 2.49. The number of nitrogens with one attached hydrogen (secondary N) is 1. The molecule has 0 aliphatic rings. The van der Waals surface area contributed by atoms with Gasteiger partial charge in [0.1, 0.15) is 11.2 Å². The molecule has 1 aromatic carbocycles. The van der Waals surface area contributed by atoms with E-state index >= 15 is 0 Å². The van der Waals surface area contributed by atoms with Gasteiger partial charge in [0.05, 0.1) is 0 Å². The quantitative estimate of drug-likeness (QED) is 0.830. The van der Waals surface area contributed by atoms with Crippen LogP contribution in [0.2, 0.25) is 5.15 Å². The fourth-order valence-corrected chi connectivity index (χ4v) is 1.91. The number of halogens is 1. The molecule has 2 aromatic rings. The van der Waals surface area contributed by atoms with Crippen LogP contribution in [0.5, 0.6) is 0 Å². The van der Waals surface area contributed by atoms with Crippen molar-refractivity contribution in [3.05, 3.63) is 64.9 Å². The molecule has 0 radical (unpaired) electrons. The molecular weight excluding hydrogens is 292 g/mol. The van der Waals surface area contributed by atoms with E-state index in [1.54, 1.807) is 42.5 Å². The molecule has 0 saturated carbocycles. The summed E-state index contributed by atoms with van der Waals surface area (Å²) in [7, 11) is 0. The molecule has 0 spiro atoms. The van der Waals surface area contributed by atoms with Gasteiger partial charge in [-0.15, -0.1) is 0 Å². The minimum absolute atomic E-state index is 0.137. The Morgan fingerprint density at radius 1 is 1.19 bits per heavy atom. The van der Waals surface area contributed by atoms with Crippen molar-refractivity contribution in [2.75, 3.05) is 0 Å². The van der Waals surface area contributed by atoms with Crippen molar-refractivity contribution >= 4 is 23.5 Å². The summed E-state index contributed by atoms with van der Waals surface area (Å²) in [6.07, 6.45) is 1.63. The number of aliphatic carboxylic acids is 1. The van der Waals surface area contributed by atoms with Crippen LogP contribution in [0.3, 0.4) is 0 Å². The van der Waals surface area contributed by atoms with E-state index in [1.807, 2.05) is 0 Å². The van der Waals surface area contributed by atoms with E-state index < -0.39 is 17.9 Å². The first-order valence-electron chi connectivity index (χ1n) is 6.25. The predicted octanol–water partition coefficient (Wildman–Crippen LogP) is 2.16. The van der Waals surface area contributed by atoms with Gasteiger partial charge < -0.3 is 10.4 Å². The second-order valence-electron chi connectivity index (χ2n) is 4.42. The van der Waals surface area contributed by atoms with Gasteiger partial charge in [0.25, 0.3) is 5.91 Å². The fraction of sp³-hybridized carbons (Fsp3) is 0.133. The second kappa shape index (κ2) is 6.85. The lowest BCUT2D eigenvalue weighted by atomic mass is 10.1. The summed E-state index contributed by atoms with van der Waals surface area (Å²) >= 11 is 5.68. The Morgan fingerprint density at radius 3 is 2.48 bits per heavy atom. The number of hydrogen-bond donors (Lipinski definition) is 2. The molecule has 1 atom stereocenters. The highest BCUT2D eigenvalue weighted by Gasteiger charge is 2.21. The van der Waals surface area contributed by atoms with Gasteiger partial charge in [0, 0.05) is 18.2 Å². The molecule has 0 aliphatic heterocycles. The Kier molecular flexibility index (Phi) is 4.90.